The van der Waals surface area contributed by atoms with Crippen LogP contribution < -0.4 is 0 Å². The quantitative estimate of drug-likeness (QED) is 0.136. The maximum Gasteiger partial charge on any atom is -0.0162 e. The molecule has 0 N–H and O–H groups in total. The van der Waals surface area contributed by atoms with E-state index in [2.05, 4.69) is 185 Å². The van der Waals surface area contributed by atoms with Crippen LogP contribution in [0.1, 0.15) is 208 Å². The standard InChI is InChI=1S/2C14H22.2C13H20/c1-6-13(7-2)14-8-10(3)12(5)11(4)9-14;1-6-13(7-2)14-11(4)8-10(3)9-12(14)5;1-5-12(6-2)13-8-7-10(3)11(4)9-13;1-5-12(6-2)13-8-7-10(3)9-11(13)4/h2*8-9,13H,6-7H2,1-5H3;2*7-9,12H,5-6H2,1-4H3. The average Bonchev–Trinajstić information content (AvgIpc) is 3.13. The van der Waals surface area contributed by atoms with Gasteiger partial charge < -0.3 is 0 Å². The molecule has 54 heavy (non-hydrogen) atoms. The van der Waals surface area contributed by atoms with Crippen molar-refractivity contribution >= 4 is 0 Å². The van der Waals surface area contributed by atoms with Gasteiger partial charge in [0.2, 0.25) is 0 Å². The monoisotopic (exact) mass is 733 g/mol. The van der Waals surface area contributed by atoms with Crippen molar-refractivity contribution in [2.75, 3.05) is 0 Å². The van der Waals surface area contributed by atoms with Gasteiger partial charge in [-0.25, -0.2) is 0 Å². The first-order valence-electron chi connectivity index (χ1n) is 21.9. The van der Waals surface area contributed by atoms with Gasteiger partial charge in [-0.3, -0.25) is 0 Å². The summed E-state index contributed by atoms with van der Waals surface area (Å²) in [5.41, 5.74) is 20.4. The van der Waals surface area contributed by atoms with Crippen LogP contribution in [0.3, 0.4) is 0 Å². The zero-order chi connectivity index (χ0) is 41.1. The molecule has 0 unspecified atom stereocenters. The van der Waals surface area contributed by atoms with E-state index in [9.17, 15) is 0 Å². The second-order valence-electron chi connectivity index (χ2n) is 16.3. The van der Waals surface area contributed by atoms with Gasteiger partial charge in [0.05, 0.1) is 0 Å². The van der Waals surface area contributed by atoms with E-state index in [1.807, 2.05) is 0 Å². The SMILES string of the molecule is CCC(CC)c1c(C)cc(C)cc1C.CCC(CC)c1cc(C)c(C)c(C)c1.CCC(CC)c1ccc(C)c(C)c1.CCC(CC)c1ccc(C)cc1C. The highest BCUT2D eigenvalue weighted by molar-refractivity contribution is 5.40. The van der Waals surface area contributed by atoms with Crippen molar-refractivity contribution in [2.45, 2.75) is 200 Å². The third kappa shape index (κ3) is 14.8. The fourth-order valence-electron chi connectivity index (χ4n) is 8.39. The molecule has 0 heterocycles. The van der Waals surface area contributed by atoms with Crippen molar-refractivity contribution in [3.63, 3.8) is 0 Å². The predicted molar refractivity (Wildman–Crippen MR) is 246 cm³/mol. The van der Waals surface area contributed by atoms with Gasteiger partial charge in [-0.2, -0.15) is 0 Å². The number of hydrogen-bond donors (Lipinski definition) is 0. The summed E-state index contributed by atoms with van der Waals surface area (Å²) in [4.78, 5) is 0. The summed E-state index contributed by atoms with van der Waals surface area (Å²) in [6.45, 7) is 40.3. The summed E-state index contributed by atoms with van der Waals surface area (Å²) in [7, 11) is 0. The molecule has 0 fully saturated rings. The van der Waals surface area contributed by atoms with Crippen LogP contribution in [0, 0.1) is 69.2 Å². The van der Waals surface area contributed by atoms with E-state index in [0.717, 1.165) is 23.7 Å². The minimum atomic E-state index is 0.744. The summed E-state index contributed by atoms with van der Waals surface area (Å²) in [6, 6.07) is 23.0. The lowest BCUT2D eigenvalue weighted by atomic mass is 9.86. The minimum Gasteiger partial charge on any atom is -0.0648 e. The zero-order valence-electron chi connectivity index (χ0n) is 38.7. The van der Waals surface area contributed by atoms with E-state index in [1.54, 1.807) is 5.56 Å². The van der Waals surface area contributed by atoms with E-state index >= 15 is 0 Å². The molecule has 0 spiro atoms. The Balaban J connectivity index is 0.000000360. The average molecular weight is 733 g/mol. The van der Waals surface area contributed by atoms with Crippen molar-refractivity contribution in [3.05, 3.63) is 139 Å². The number of aryl methyl sites for hydroxylation is 9. The minimum absolute atomic E-state index is 0.744. The molecule has 0 bridgehead atoms. The fourth-order valence-corrected chi connectivity index (χ4v) is 8.39. The molecule has 0 atom stereocenters. The van der Waals surface area contributed by atoms with Crippen LogP contribution in [0.5, 0.6) is 0 Å². The summed E-state index contributed by atoms with van der Waals surface area (Å²) in [6.07, 6.45) is 10.00. The van der Waals surface area contributed by atoms with Crippen LogP contribution in [0.2, 0.25) is 0 Å². The Labute approximate surface area is 337 Å². The van der Waals surface area contributed by atoms with Crippen molar-refractivity contribution in [1.29, 1.82) is 0 Å². The summed E-state index contributed by atoms with van der Waals surface area (Å²) < 4.78 is 0. The van der Waals surface area contributed by atoms with Crippen LogP contribution >= 0.6 is 0 Å². The predicted octanol–water partition coefficient (Wildman–Crippen LogP) is 17.4. The number of rotatable bonds is 12. The van der Waals surface area contributed by atoms with Crippen LogP contribution in [-0.4, -0.2) is 0 Å². The zero-order valence-corrected chi connectivity index (χ0v) is 38.7. The fraction of sp³-hybridized carbons (Fsp3) is 0.556. The molecule has 0 aromatic heterocycles. The highest BCUT2D eigenvalue weighted by Gasteiger charge is 2.13. The molecule has 0 saturated carbocycles. The molecule has 0 amide bonds. The topological polar surface area (TPSA) is 0 Å². The molecule has 0 nitrogen and oxygen atoms in total. The molecule has 0 aliphatic carbocycles. The highest BCUT2D eigenvalue weighted by Crippen LogP contribution is 2.31. The molecule has 0 radical (unpaired) electrons. The molecular weight excluding hydrogens is 649 g/mol. The van der Waals surface area contributed by atoms with Gasteiger partial charge in [-0.05, 0) is 211 Å². The van der Waals surface area contributed by atoms with Crippen LogP contribution in [0.25, 0.3) is 0 Å². The Morgan fingerprint density at radius 3 is 1.13 bits per heavy atom. The van der Waals surface area contributed by atoms with Crippen molar-refractivity contribution in [3.8, 4) is 0 Å². The molecule has 4 aromatic rings. The van der Waals surface area contributed by atoms with Gasteiger partial charge in [0.1, 0.15) is 0 Å². The summed E-state index contributed by atoms with van der Waals surface area (Å²) in [5.74, 6) is 2.99. The van der Waals surface area contributed by atoms with Crippen molar-refractivity contribution in [1.82, 2.24) is 0 Å². The lowest BCUT2D eigenvalue weighted by Gasteiger charge is -2.19. The van der Waals surface area contributed by atoms with E-state index in [1.165, 1.54) is 124 Å². The number of benzene rings is 4. The van der Waals surface area contributed by atoms with Crippen LogP contribution in [0.15, 0.2) is 60.7 Å². The summed E-state index contributed by atoms with van der Waals surface area (Å²) in [5, 5.41) is 0. The van der Waals surface area contributed by atoms with E-state index in [-0.39, 0.29) is 0 Å². The molecule has 0 aliphatic heterocycles. The lowest BCUT2D eigenvalue weighted by Crippen LogP contribution is -2.02. The van der Waals surface area contributed by atoms with E-state index < -0.39 is 0 Å². The molecule has 0 saturated heterocycles. The Morgan fingerprint density at radius 2 is 0.722 bits per heavy atom. The third-order valence-electron chi connectivity index (χ3n) is 12.4. The largest absolute Gasteiger partial charge is 0.0648 e. The highest BCUT2D eigenvalue weighted by atomic mass is 14.2. The van der Waals surface area contributed by atoms with Gasteiger partial charge in [-0.1, -0.05) is 127 Å². The molecular formula is C54H84. The number of hydrogen-bond acceptors (Lipinski definition) is 0. The van der Waals surface area contributed by atoms with E-state index in [0.29, 0.717) is 0 Å². The van der Waals surface area contributed by atoms with Crippen molar-refractivity contribution in [2.24, 2.45) is 0 Å². The van der Waals surface area contributed by atoms with Crippen LogP contribution in [-0.2, 0) is 0 Å². The first-order chi connectivity index (χ1) is 25.6. The lowest BCUT2D eigenvalue weighted by molar-refractivity contribution is 0.634. The Bertz CT molecular complexity index is 1600. The van der Waals surface area contributed by atoms with Crippen LogP contribution in [0.4, 0.5) is 0 Å². The molecule has 4 aromatic carbocycles. The smallest absolute Gasteiger partial charge is 0.0162 e. The van der Waals surface area contributed by atoms with Gasteiger partial charge in [0.15, 0.2) is 0 Å². The third-order valence-corrected chi connectivity index (χ3v) is 12.4. The van der Waals surface area contributed by atoms with Crippen molar-refractivity contribution < 1.29 is 0 Å². The molecule has 4 rings (SSSR count). The molecule has 0 heteroatoms. The maximum absolute atomic E-state index is 2.36. The Kier molecular flexibility index (Phi) is 22.7. The molecule has 300 valence electrons. The Hall–Kier alpha value is -3.12. The second kappa shape index (κ2) is 25.1. The molecule has 0 aliphatic rings. The summed E-state index contributed by atoms with van der Waals surface area (Å²) >= 11 is 0. The van der Waals surface area contributed by atoms with E-state index in [4.69, 9.17) is 0 Å². The van der Waals surface area contributed by atoms with Gasteiger partial charge in [0, 0.05) is 0 Å². The van der Waals surface area contributed by atoms with Gasteiger partial charge in [0.25, 0.3) is 0 Å². The second-order valence-corrected chi connectivity index (χ2v) is 16.3. The first kappa shape index (κ1) is 48.9. The van der Waals surface area contributed by atoms with Gasteiger partial charge in [-0.15, -0.1) is 0 Å². The maximum atomic E-state index is 2.36. The first-order valence-corrected chi connectivity index (χ1v) is 21.9. The van der Waals surface area contributed by atoms with Gasteiger partial charge >= 0.3 is 0 Å². The normalized spacial score (nSPS) is 10.9. The Morgan fingerprint density at radius 1 is 0.315 bits per heavy atom.